The summed E-state index contributed by atoms with van der Waals surface area (Å²) in [5.41, 5.74) is 0. The SMILES string of the molecule is CCCNC(CC)C(C)OCC1CCCCC1. The molecule has 2 heteroatoms. The molecule has 1 fully saturated rings. The van der Waals surface area contributed by atoms with Gasteiger partial charge in [-0.25, -0.2) is 0 Å². The summed E-state index contributed by atoms with van der Waals surface area (Å²) in [6.07, 6.45) is 9.73. The average molecular weight is 241 g/mol. The number of hydrogen-bond donors (Lipinski definition) is 1. The van der Waals surface area contributed by atoms with E-state index in [1.165, 1.54) is 38.5 Å². The van der Waals surface area contributed by atoms with Crippen LogP contribution >= 0.6 is 0 Å². The van der Waals surface area contributed by atoms with E-state index in [2.05, 4.69) is 26.1 Å². The maximum absolute atomic E-state index is 6.07. The van der Waals surface area contributed by atoms with E-state index in [0.717, 1.165) is 25.5 Å². The zero-order valence-corrected chi connectivity index (χ0v) is 12.0. The van der Waals surface area contributed by atoms with E-state index in [1.54, 1.807) is 0 Å². The van der Waals surface area contributed by atoms with E-state index in [1.807, 2.05) is 0 Å². The lowest BCUT2D eigenvalue weighted by molar-refractivity contribution is 0.00923. The predicted molar refractivity (Wildman–Crippen MR) is 74.4 cm³/mol. The van der Waals surface area contributed by atoms with Crippen molar-refractivity contribution in [2.24, 2.45) is 5.92 Å². The largest absolute Gasteiger partial charge is 0.377 e. The van der Waals surface area contributed by atoms with Gasteiger partial charge in [0.2, 0.25) is 0 Å². The minimum absolute atomic E-state index is 0.355. The van der Waals surface area contributed by atoms with Crippen LogP contribution in [0.4, 0.5) is 0 Å². The third-order valence-corrected chi connectivity index (χ3v) is 3.98. The molecule has 0 radical (unpaired) electrons. The summed E-state index contributed by atoms with van der Waals surface area (Å²) in [5.74, 6) is 0.829. The van der Waals surface area contributed by atoms with Crippen molar-refractivity contribution in [3.05, 3.63) is 0 Å². The highest BCUT2D eigenvalue weighted by molar-refractivity contribution is 4.73. The Hall–Kier alpha value is -0.0800. The number of nitrogens with one attached hydrogen (secondary N) is 1. The quantitative estimate of drug-likeness (QED) is 0.699. The van der Waals surface area contributed by atoms with Crippen LogP contribution in [-0.4, -0.2) is 25.3 Å². The van der Waals surface area contributed by atoms with Gasteiger partial charge >= 0.3 is 0 Å². The monoisotopic (exact) mass is 241 g/mol. The molecule has 0 bridgehead atoms. The first-order valence-electron chi connectivity index (χ1n) is 7.62. The molecular weight excluding hydrogens is 210 g/mol. The second kappa shape index (κ2) is 8.93. The van der Waals surface area contributed by atoms with Crippen molar-refractivity contribution in [3.8, 4) is 0 Å². The van der Waals surface area contributed by atoms with E-state index in [4.69, 9.17) is 4.74 Å². The molecule has 0 aromatic rings. The van der Waals surface area contributed by atoms with Crippen molar-refractivity contribution in [3.63, 3.8) is 0 Å². The molecular formula is C15H31NO. The van der Waals surface area contributed by atoms with Gasteiger partial charge in [-0.2, -0.15) is 0 Å². The first kappa shape index (κ1) is 15.0. The minimum Gasteiger partial charge on any atom is -0.377 e. The molecule has 102 valence electrons. The Bertz CT molecular complexity index is 178. The Labute approximate surface area is 108 Å². The third kappa shape index (κ3) is 5.87. The van der Waals surface area contributed by atoms with Gasteiger partial charge < -0.3 is 10.1 Å². The summed E-state index contributed by atoms with van der Waals surface area (Å²) >= 11 is 0. The Balaban J connectivity index is 2.18. The second-order valence-corrected chi connectivity index (χ2v) is 5.51. The van der Waals surface area contributed by atoms with Crippen molar-refractivity contribution in [1.82, 2.24) is 5.32 Å². The fourth-order valence-corrected chi connectivity index (χ4v) is 2.73. The van der Waals surface area contributed by atoms with Gasteiger partial charge in [-0.15, -0.1) is 0 Å². The van der Waals surface area contributed by atoms with E-state index >= 15 is 0 Å². The molecule has 2 unspecified atom stereocenters. The Morgan fingerprint density at radius 2 is 1.88 bits per heavy atom. The van der Waals surface area contributed by atoms with Crippen LogP contribution in [0.1, 0.15) is 65.7 Å². The summed E-state index contributed by atoms with van der Waals surface area (Å²) in [7, 11) is 0. The summed E-state index contributed by atoms with van der Waals surface area (Å²) < 4.78 is 6.07. The van der Waals surface area contributed by atoms with E-state index in [0.29, 0.717) is 12.1 Å². The molecule has 1 saturated carbocycles. The molecule has 2 nitrogen and oxygen atoms in total. The van der Waals surface area contributed by atoms with Crippen LogP contribution in [-0.2, 0) is 4.74 Å². The molecule has 17 heavy (non-hydrogen) atoms. The zero-order chi connectivity index (χ0) is 12.5. The Morgan fingerprint density at radius 3 is 2.47 bits per heavy atom. The first-order valence-corrected chi connectivity index (χ1v) is 7.62. The lowest BCUT2D eigenvalue weighted by atomic mass is 9.90. The summed E-state index contributed by atoms with van der Waals surface area (Å²) in [5, 5.41) is 3.58. The van der Waals surface area contributed by atoms with Gasteiger partial charge in [0.15, 0.2) is 0 Å². The van der Waals surface area contributed by atoms with E-state index in [9.17, 15) is 0 Å². The predicted octanol–water partition coefficient (Wildman–Crippen LogP) is 3.75. The number of hydrogen-bond acceptors (Lipinski definition) is 2. The third-order valence-electron chi connectivity index (χ3n) is 3.98. The fraction of sp³-hybridized carbons (Fsp3) is 1.00. The highest BCUT2D eigenvalue weighted by atomic mass is 16.5. The van der Waals surface area contributed by atoms with Gasteiger partial charge in [0.1, 0.15) is 0 Å². The molecule has 1 N–H and O–H groups in total. The topological polar surface area (TPSA) is 21.3 Å². The molecule has 1 aliphatic rings. The summed E-state index contributed by atoms with van der Waals surface area (Å²) in [4.78, 5) is 0. The molecule has 0 amide bonds. The second-order valence-electron chi connectivity index (χ2n) is 5.51. The Morgan fingerprint density at radius 1 is 1.18 bits per heavy atom. The lowest BCUT2D eigenvalue weighted by Gasteiger charge is -2.28. The smallest absolute Gasteiger partial charge is 0.0699 e. The average Bonchev–Trinajstić information content (AvgIpc) is 2.38. The molecule has 1 rings (SSSR count). The van der Waals surface area contributed by atoms with Crippen molar-refractivity contribution in [2.75, 3.05) is 13.2 Å². The molecule has 1 aliphatic carbocycles. The van der Waals surface area contributed by atoms with Gasteiger partial charge in [-0.1, -0.05) is 33.1 Å². The molecule has 0 saturated heterocycles. The fourth-order valence-electron chi connectivity index (χ4n) is 2.73. The van der Waals surface area contributed by atoms with Crippen LogP contribution in [0.3, 0.4) is 0 Å². The van der Waals surface area contributed by atoms with Crippen LogP contribution in [0.25, 0.3) is 0 Å². The maximum Gasteiger partial charge on any atom is 0.0699 e. The van der Waals surface area contributed by atoms with Gasteiger partial charge in [0, 0.05) is 12.6 Å². The standard InChI is InChI=1S/C15H31NO/c1-4-11-16-15(5-2)13(3)17-12-14-9-7-6-8-10-14/h13-16H,4-12H2,1-3H3. The van der Waals surface area contributed by atoms with Gasteiger partial charge in [-0.3, -0.25) is 0 Å². The maximum atomic E-state index is 6.07. The molecule has 0 aromatic heterocycles. The zero-order valence-electron chi connectivity index (χ0n) is 12.0. The molecule has 0 aliphatic heterocycles. The van der Waals surface area contributed by atoms with Crippen LogP contribution in [0, 0.1) is 5.92 Å². The van der Waals surface area contributed by atoms with Crippen LogP contribution in [0.2, 0.25) is 0 Å². The minimum atomic E-state index is 0.355. The van der Waals surface area contributed by atoms with Gasteiger partial charge in [-0.05, 0) is 45.1 Å². The van der Waals surface area contributed by atoms with E-state index < -0.39 is 0 Å². The molecule has 0 spiro atoms. The Kier molecular flexibility index (Phi) is 7.87. The van der Waals surface area contributed by atoms with Crippen molar-refractivity contribution in [1.29, 1.82) is 0 Å². The van der Waals surface area contributed by atoms with Crippen molar-refractivity contribution < 1.29 is 4.74 Å². The lowest BCUT2D eigenvalue weighted by Crippen LogP contribution is -2.40. The van der Waals surface area contributed by atoms with E-state index in [-0.39, 0.29) is 0 Å². The summed E-state index contributed by atoms with van der Waals surface area (Å²) in [6.45, 7) is 8.77. The number of ether oxygens (including phenoxy) is 1. The van der Waals surface area contributed by atoms with Crippen LogP contribution in [0.15, 0.2) is 0 Å². The van der Waals surface area contributed by atoms with Crippen LogP contribution < -0.4 is 5.32 Å². The van der Waals surface area contributed by atoms with Gasteiger partial charge in [0.05, 0.1) is 6.10 Å². The molecule has 2 atom stereocenters. The van der Waals surface area contributed by atoms with Gasteiger partial charge in [0.25, 0.3) is 0 Å². The highest BCUT2D eigenvalue weighted by Crippen LogP contribution is 2.24. The normalized spacial score (nSPS) is 21.4. The number of rotatable bonds is 8. The molecule has 0 heterocycles. The van der Waals surface area contributed by atoms with Crippen molar-refractivity contribution in [2.45, 2.75) is 77.9 Å². The molecule has 0 aromatic carbocycles. The highest BCUT2D eigenvalue weighted by Gasteiger charge is 2.18. The van der Waals surface area contributed by atoms with Crippen LogP contribution in [0.5, 0.6) is 0 Å². The summed E-state index contributed by atoms with van der Waals surface area (Å²) in [6, 6.07) is 0.526. The first-order chi connectivity index (χ1) is 8.27. The van der Waals surface area contributed by atoms with Crippen molar-refractivity contribution >= 4 is 0 Å².